The Morgan fingerprint density at radius 1 is 1.10 bits per heavy atom. The Kier molecular flexibility index (Phi) is 4.58. The van der Waals surface area contributed by atoms with Gasteiger partial charge in [-0.25, -0.2) is 0 Å². The molecule has 0 aromatic heterocycles. The van der Waals surface area contributed by atoms with Gasteiger partial charge in [0, 0.05) is 6.04 Å². The maximum absolute atomic E-state index is 12.1. The molecule has 4 nitrogen and oxygen atoms in total. The van der Waals surface area contributed by atoms with Crippen LogP contribution in [0.25, 0.3) is 10.8 Å². The zero-order chi connectivity index (χ0) is 15.4. The van der Waals surface area contributed by atoms with Crippen molar-refractivity contribution in [3.05, 3.63) is 48.0 Å². The minimum atomic E-state index is -0.909. The molecule has 21 heavy (non-hydrogen) atoms. The number of nitrogens with one attached hydrogen (secondary N) is 1. The molecule has 0 saturated carbocycles. The topological polar surface area (TPSA) is 66.4 Å². The number of fused-ring (bicyclic) bond motifs is 1. The van der Waals surface area contributed by atoms with E-state index in [4.69, 9.17) is 5.11 Å². The highest BCUT2D eigenvalue weighted by Gasteiger charge is 2.21. The van der Waals surface area contributed by atoms with Crippen LogP contribution in [0.2, 0.25) is 0 Å². The summed E-state index contributed by atoms with van der Waals surface area (Å²) in [4.78, 5) is 23.0. The smallest absolute Gasteiger partial charge is 0.308 e. The van der Waals surface area contributed by atoms with Crippen molar-refractivity contribution in [3.63, 3.8) is 0 Å². The SMILES string of the molecule is CC(NC(=O)Cc1cccc2ccccc12)C(C)C(=O)O. The highest BCUT2D eigenvalue weighted by Crippen LogP contribution is 2.19. The van der Waals surface area contributed by atoms with Crippen molar-refractivity contribution in [2.75, 3.05) is 0 Å². The van der Waals surface area contributed by atoms with Gasteiger partial charge in [0.05, 0.1) is 12.3 Å². The second kappa shape index (κ2) is 6.39. The molecule has 0 aliphatic heterocycles. The number of aliphatic carboxylic acids is 1. The second-order valence-corrected chi connectivity index (χ2v) is 5.30. The van der Waals surface area contributed by atoms with E-state index in [1.54, 1.807) is 13.8 Å². The first-order valence-electron chi connectivity index (χ1n) is 6.98. The summed E-state index contributed by atoms with van der Waals surface area (Å²) < 4.78 is 0. The van der Waals surface area contributed by atoms with Gasteiger partial charge in [0.1, 0.15) is 0 Å². The molecule has 2 N–H and O–H groups in total. The molecule has 2 rings (SSSR count). The molecule has 2 aromatic rings. The summed E-state index contributed by atoms with van der Waals surface area (Å²) in [5.41, 5.74) is 0.945. The van der Waals surface area contributed by atoms with Gasteiger partial charge in [-0.2, -0.15) is 0 Å². The molecule has 0 heterocycles. The molecule has 0 radical (unpaired) electrons. The van der Waals surface area contributed by atoms with Crippen LogP contribution in [0.1, 0.15) is 19.4 Å². The van der Waals surface area contributed by atoms with Crippen molar-refractivity contribution < 1.29 is 14.7 Å². The molecular formula is C17H19NO3. The third kappa shape index (κ3) is 3.60. The first-order chi connectivity index (χ1) is 9.99. The van der Waals surface area contributed by atoms with Crippen LogP contribution in [0.4, 0.5) is 0 Å². The number of hydrogen-bond donors (Lipinski definition) is 2. The largest absolute Gasteiger partial charge is 0.481 e. The van der Waals surface area contributed by atoms with E-state index in [0.29, 0.717) is 0 Å². The van der Waals surface area contributed by atoms with Crippen LogP contribution in [0.3, 0.4) is 0 Å². The highest BCUT2D eigenvalue weighted by molar-refractivity contribution is 5.90. The summed E-state index contributed by atoms with van der Waals surface area (Å²) in [6, 6.07) is 13.4. The summed E-state index contributed by atoms with van der Waals surface area (Å²) in [5.74, 6) is -1.68. The number of rotatable bonds is 5. The van der Waals surface area contributed by atoms with Gasteiger partial charge in [0.15, 0.2) is 0 Å². The van der Waals surface area contributed by atoms with Crippen molar-refractivity contribution >= 4 is 22.6 Å². The lowest BCUT2D eigenvalue weighted by Gasteiger charge is -2.18. The molecule has 2 unspecified atom stereocenters. The van der Waals surface area contributed by atoms with Crippen LogP contribution in [0.5, 0.6) is 0 Å². The van der Waals surface area contributed by atoms with Crippen molar-refractivity contribution in [1.82, 2.24) is 5.32 Å². The van der Waals surface area contributed by atoms with Gasteiger partial charge >= 0.3 is 5.97 Å². The zero-order valence-corrected chi connectivity index (χ0v) is 12.2. The van der Waals surface area contributed by atoms with E-state index in [1.807, 2.05) is 42.5 Å². The predicted octanol–water partition coefficient (Wildman–Crippen LogP) is 2.61. The molecule has 0 aliphatic rings. The van der Waals surface area contributed by atoms with Crippen LogP contribution in [0, 0.1) is 5.92 Å². The Balaban J connectivity index is 2.10. The molecule has 0 bridgehead atoms. The molecule has 0 aliphatic carbocycles. The average Bonchev–Trinajstić information content (AvgIpc) is 2.46. The van der Waals surface area contributed by atoms with Gasteiger partial charge in [-0.3, -0.25) is 9.59 Å². The number of hydrogen-bond acceptors (Lipinski definition) is 2. The fourth-order valence-electron chi connectivity index (χ4n) is 2.26. The first kappa shape index (κ1) is 15.0. The molecule has 0 spiro atoms. The normalized spacial score (nSPS) is 13.6. The van der Waals surface area contributed by atoms with Crippen LogP contribution in [-0.2, 0) is 16.0 Å². The van der Waals surface area contributed by atoms with E-state index in [1.165, 1.54) is 0 Å². The Labute approximate surface area is 123 Å². The Bertz CT molecular complexity index is 661. The van der Waals surface area contributed by atoms with Gasteiger partial charge in [-0.05, 0) is 30.2 Å². The van der Waals surface area contributed by atoms with Crippen molar-refractivity contribution in [2.45, 2.75) is 26.3 Å². The van der Waals surface area contributed by atoms with E-state index < -0.39 is 17.9 Å². The molecule has 1 amide bonds. The highest BCUT2D eigenvalue weighted by atomic mass is 16.4. The summed E-state index contributed by atoms with van der Waals surface area (Å²) in [6.45, 7) is 3.30. The van der Waals surface area contributed by atoms with Gasteiger partial charge in [-0.15, -0.1) is 0 Å². The lowest BCUT2D eigenvalue weighted by molar-refractivity contribution is -0.142. The quantitative estimate of drug-likeness (QED) is 0.887. The van der Waals surface area contributed by atoms with Gasteiger partial charge in [0.2, 0.25) is 5.91 Å². The second-order valence-electron chi connectivity index (χ2n) is 5.30. The minimum Gasteiger partial charge on any atom is -0.481 e. The Hall–Kier alpha value is -2.36. The summed E-state index contributed by atoms with van der Waals surface area (Å²) in [7, 11) is 0. The van der Waals surface area contributed by atoms with E-state index in [-0.39, 0.29) is 12.3 Å². The van der Waals surface area contributed by atoms with Crippen LogP contribution >= 0.6 is 0 Å². The lowest BCUT2D eigenvalue weighted by atomic mass is 10.0. The standard InChI is InChI=1S/C17H19NO3/c1-11(17(20)21)12(2)18-16(19)10-14-8-5-7-13-6-3-4-9-15(13)14/h3-9,11-12H,10H2,1-2H3,(H,18,19)(H,20,21). The Morgan fingerprint density at radius 3 is 2.48 bits per heavy atom. The van der Waals surface area contributed by atoms with E-state index in [0.717, 1.165) is 16.3 Å². The van der Waals surface area contributed by atoms with E-state index in [9.17, 15) is 9.59 Å². The zero-order valence-electron chi connectivity index (χ0n) is 12.2. The van der Waals surface area contributed by atoms with E-state index in [2.05, 4.69) is 5.32 Å². The first-order valence-corrected chi connectivity index (χ1v) is 6.98. The third-order valence-electron chi connectivity index (χ3n) is 3.76. The minimum absolute atomic E-state index is 0.160. The van der Waals surface area contributed by atoms with Crippen molar-refractivity contribution in [3.8, 4) is 0 Å². The molecule has 0 saturated heterocycles. The fraction of sp³-hybridized carbons (Fsp3) is 0.294. The third-order valence-corrected chi connectivity index (χ3v) is 3.76. The number of amides is 1. The fourth-order valence-corrected chi connectivity index (χ4v) is 2.26. The molecule has 2 atom stereocenters. The number of carboxylic acids is 1. The molecular weight excluding hydrogens is 266 g/mol. The predicted molar refractivity (Wildman–Crippen MR) is 82.1 cm³/mol. The Morgan fingerprint density at radius 2 is 1.76 bits per heavy atom. The van der Waals surface area contributed by atoms with Crippen LogP contribution in [0.15, 0.2) is 42.5 Å². The molecule has 110 valence electrons. The van der Waals surface area contributed by atoms with Gasteiger partial charge < -0.3 is 10.4 Å². The number of benzene rings is 2. The van der Waals surface area contributed by atoms with E-state index >= 15 is 0 Å². The monoisotopic (exact) mass is 285 g/mol. The van der Waals surface area contributed by atoms with Crippen LogP contribution in [-0.4, -0.2) is 23.0 Å². The lowest BCUT2D eigenvalue weighted by Crippen LogP contribution is -2.40. The number of carbonyl (C=O) groups is 2. The number of carbonyl (C=O) groups excluding carboxylic acids is 1. The van der Waals surface area contributed by atoms with Gasteiger partial charge in [0.25, 0.3) is 0 Å². The summed E-state index contributed by atoms with van der Waals surface area (Å²) in [5, 5.41) is 13.8. The molecule has 2 aromatic carbocycles. The maximum atomic E-state index is 12.1. The summed E-state index contributed by atoms with van der Waals surface area (Å²) in [6.07, 6.45) is 0.248. The average molecular weight is 285 g/mol. The van der Waals surface area contributed by atoms with Crippen molar-refractivity contribution in [1.29, 1.82) is 0 Å². The summed E-state index contributed by atoms with van der Waals surface area (Å²) >= 11 is 0. The molecule has 4 heteroatoms. The van der Waals surface area contributed by atoms with Gasteiger partial charge in [-0.1, -0.05) is 42.5 Å². The number of carboxylic acid groups (broad SMARTS) is 1. The molecule has 0 fully saturated rings. The maximum Gasteiger partial charge on any atom is 0.308 e. The van der Waals surface area contributed by atoms with Crippen LogP contribution < -0.4 is 5.32 Å². The van der Waals surface area contributed by atoms with Crippen molar-refractivity contribution in [2.24, 2.45) is 5.92 Å².